The summed E-state index contributed by atoms with van der Waals surface area (Å²) < 4.78 is 1.81. The molecule has 0 saturated heterocycles. The number of carbonyl (C=O) groups excluding carboxylic acids is 1. The highest BCUT2D eigenvalue weighted by atomic mass is 16.1. The first kappa shape index (κ1) is 15.2. The highest BCUT2D eigenvalue weighted by molar-refractivity contribution is 5.77. The number of carbonyl (C=O) groups is 1. The molecule has 118 valence electrons. The molecule has 5 heteroatoms. The number of hydrogen-bond donors (Lipinski definition) is 1. The number of para-hydroxylation sites is 1. The minimum atomic E-state index is -0.0286. The third-order valence-electron chi connectivity index (χ3n) is 3.85. The molecule has 0 spiro atoms. The topological polar surface area (TPSA) is 59.8 Å². The van der Waals surface area contributed by atoms with Crippen LogP contribution in [0.1, 0.15) is 24.9 Å². The first-order valence-electron chi connectivity index (χ1n) is 7.84. The smallest absolute Gasteiger partial charge is 0.222 e. The van der Waals surface area contributed by atoms with Crippen molar-refractivity contribution in [1.29, 1.82) is 0 Å². The minimum absolute atomic E-state index is 0.0286. The second-order valence-electron chi connectivity index (χ2n) is 5.66. The molecule has 0 aliphatic heterocycles. The van der Waals surface area contributed by atoms with Crippen LogP contribution >= 0.6 is 0 Å². The van der Waals surface area contributed by atoms with Crippen LogP contribution in [0.2, 0.25) is 0 Å². The van der Waals surface area contributed by atoms with Gasteiger partial charge < -0.3 is 5.32 Å². The SMILES string of the molecule is CC(CC(=O)NCCc1ccccc1)n1nnc2ccccc21. The van der Waals surface area contributed by atoms with Crippen LogP contribution in [0.5, 0.6) is 0 Å². The summed E-state index contributed by atoms with van der Waals surface area (Å²) in [6, 6.07) is 17.9. The molecule has 1 N–H and O–H groups in total. The van der Waals surface area contributed by atoms with Gasteiger partial charge in [0.1, 0.15) is 5.52 Å². The molecule has 23 heavy (non-hydrogen) atoms. The summed E-state index contributed by atoms with van der Waals surface area (Å²) in [7, 11) is 0. The molecule has 0 radical (unpaired) electrons. The fourth-order valence-corrected chi connectivity index (χ4v) is 2.63. The van der Waals surface area contributed by atoms with Crippen molar-refractivity contribution in [3.63, 3.8) is 0 Å². The van der Waals surface area contributed by atoms with Crippen molar-refractivity contribution in [3.8, 4) is 0 Å². The maximum atomic E-state index is 12.1. The Kier molecular flexibility index (Phi) is 4.66. The molecule has 1 aromatic heterocycles. The van der Waals surface area contributed by atoms with Gasteiger partial charge in [0.15, 0.2) is 0 Å². The maximum Gasteiger partial charge on any atom is 0.222 e. The van der Waals surface area contributed by atoms with Gasteiger partial charge in [-0.1, -0.05) is 47.7 Å². The highest BCUT2D eigenvalue weighted by Crippen LogP contribution is 2.17. The molecule has 0 aliphatic rings. The summed E-state index contributed by atoms with van der Waals surface area (Å²) in [6.45, 7) is 2.63. The Morgan fingerprint density at radius 2 is 1.87 bits per heavy atom. The van der Waals surface area contributed by atoms with Crippen LogP contribution in [0.4, 0.5) is 0 Å². The molecule has 1 heterocycles. The standard InChI is InChI=1S/C18H20N4O/c1-14(22-17-10-6-5-9-16(17)20-21-22)13-18(23)19-12-11-15-7-3-2-4-8-15/h2-10,14H,11-13H2,1H3,(H,19,23). The van der Waals surface area contributed by atoms with Crippen LogP contribution in [-0.4, -0.2) is 27.4 Å². The van der Waals surface area contributed by atoms with Gasteiger partial charge in [0.2, 0.25) is 5.91 Å². The first-order chi connectivity index (χ1) is 11.2. The van der Waals surface area contributed by atoms with Gasteiger partial charge in [-0.25, -0.2) is 4.68 Å². The van der Waals surface area contributed by atoms with E-state index < -0.39 is 0 Å². The lowest BCUT2D eigenvalue weighted by Gasteiger charge is -2.12. The molecular formula is C18H20N4O. The van der Waals surface area contributed by atoms with Gasteiger partial charge in [0, 0.05) is 13.0 Å². The third-order valence-corrected chi connectivity index (χ3v) is 3.85. The fourth-order valence-electron chi connectivity index (χ4n) is 2.63. The second-order valence-corrected chi connectivity index (χ2v) is 5.66. The van der Waals surface area contributed by atoms with Crippen LogP contribution in [0.15, 0.2) is 54.6 Å². The molecule has 1 unspecified atom stereocenters. The summed E-state index contributed by atoms with van der Waals surface area (Å²) >= 11 is 0. The summed E-state index contributed by atoms with van der Waals surface area (Å²) in [5.74, 6) is 0.0352. The van der Waals surface area contributed by atoms with E-state index in [1.165, 1.54) is 5.56 Å². The molecule has 2 aromatic carbocycles. The van der Waals surface area contributed by atoms with Crippen LogP contribution < -0.4 is 5.32 Å². The van der Waals surface area contributed by atoms with Crippen molar-refractivity contribution in [3.05, 3.63) is 60.2 Å². The van der Waals surface area contributed by atoms with Crippen molar-refractivity contribution in [1.82, 2.24) is 20.3 Å². The molecule has 0 fully saturated rings. The molecule has 0 aliphatic carbocycles. The Hall–Kier alpha value is -2.69. The van der Waals surface area contributed by atoms with Gasteiger partial charge in [-0.2, -0.15) is 0 Å². The largest absolute Gasteiger partial charge is 0.356 e. The van der Waals surface area contributed by atoms with Crippen molar-refractivity contribution in [2.45, 2.75) is 25.8 Å². The van der Waals surface area contributed by atoms with Gasteiger partial charge in [0.25, 0.3) is 0 Å². The molecule has 3 rings (SSSR count). The molecule has 5 nitrogen and oxygen atoms in total. The zero-order valence-corrected chi connectivity index (χ0v) is 13.1. The minimum Gasteiger partial charge on any atom is -0.356 e. The Labute approximate surface area is 135 Å². The van der Waals surface area contributed by atoms with E-state index in [9.17, 15) is 4.79 Å². The van der Waals surface area contributed by atoms with E-state index in [4.69, 9.17) is 0 Å². The summed E-state index contributed by atoms with van der Waals surface area (Å²) in [4.78, 5) is 12.1. The van der Waals surface area contributed by atoms with E-state index in [1.54, 1.807) is 0 Å². The maximum absolute atomic E-state index is 12.1. The monoisotopic (exact) mass is 308 g/mol. The van der Waals surface area contributed by atoms with E-state index in [1.807, 2.05) is 54.1 Å². The fraction of sp³-hybridized carbons (Fsp3) is 0.278. The lowest BCUT2D eigenvalue weighted by molar-refractivity contribution is -0.121. The van der Waals surface area contributed by atoms with Crippen LogP contribution in [0.25, 0.3) is 11.0 Å². The lowest BCUT2D eigenvalue weighted by Crippen LogP contribution is -2.28. The summed E-state index contributed by atoms with van der Waals surface area (Å²) in [6.07, 6.45) is 1.23. The first-order valence-corrected chi connectivity index (χ1v) is 7.84. The zero-order valence-electron chi connectivity index (χ0n) is 13.1. The Balaban J connectivity index is 1.53. The Morgan fingerprint density at radius 1 is 1.13 bits per heavy atom. The van der Waals surface area contributed by atoms with Crippen LogP contribution in [0.3, 0.4) is 0 Å². The quantitative estimate of drug-likeness (QED) is 0.761. The van der Waals surface area contributed by atoms with Crippen molar-refractivity contribution >= 4 is 16.9 Å². The summed E-state index contributed by atoms with van der Waals surface area (Å²) in [5.41, 5.74) is 3.03. The number of aromatic nitrogens is 3. The van der Waals surface area contributed by atoms with E-state index in [-0.39, 0.29) is 11.9 Å². The molecule has 0 bridgehead atoms. The van der Waals surface area contributed by atoms with Gasteiger partial charge in [0.05, 0.1) is 11.6 Å². The normalized spacial score (nSPS) is 12.2. The summed E-state index contributed by atoms with van der Waals surface area (Å²) in [5, 5.41) is 11.3. The number of benzene rings is 2. The molecular weight excluding hydrogens is 288 g/mol. The van der Waals surface area contributed by atoms with Crippen molar-refractivity contribution in [2.24, 2.45) is 0 Å². The Bertz CT molecular complexity index is 782. The van der Waals surface area contributed by atoms with E-state index in [2.05, 4.69) is 27.8 Å². The molecule has 0 saturated carbocycles. The number of nitrogens with zero attached hydrogens (tertiary/aromatic N) is 3. The number of nitrogens with one attached hydrogen (secondary N) is 1. The Morgan fingerprint density at radius 3 is 2.70 bits per heavy atom. The lowest BCUT2D eigenvalue weighted by atomic mass is 10.1. The van der Waals surface area contributed by atoms with Crippen LogP contribution in [0, 0.1) is 0 Å². The van der Waals surface area contributed by atoms with E-state index in [0.29, 0.717) is 13.0 Å². The highest BCUT2D eigenvalue weighted by Gasteiger charge is 2.14. The third kappa shape index (κ3) is 3.74. The number of fused-ring (bicyclic) bond motifs is 1. The number of rotatable bonds is 6. The van der Waals surface area contributed by atoms with Gasteiger partial charge in [-0.3, -0.25) is 4.79 Å². The van der Waals surface area contributed by atoms with E-state index >= 15 is 0 Å². The number of hydrogen-bond acceptors (Lipinski definition) is 3. The van der Waals surface area contributed by atoms with Crippen molar-refractivity contribution < 1.29 is 4.79 Å². The average Bonchev–Trinajstić information content (AvgIpc) is 3.00. The average molecular weight is 308 g/mol. The van der Waals surface area contributed by atoms with Gasteiger partial charge in [-0.15, -0.1) is 5.10 Å². The second kappa shape index (κ2) is 7.05. The predicted molar refractivity (Wildman–Crippen MR) is 90.0 cm³/mol. The number of amides is 1. The molecule has 1 amide bonds. The zero-order chi connectivity index (χ0) is 16.1. The molecule has 3 aromatic rings. The molecule has 1 atom stereocenters. The van der Waals surface area contributed by atoms with Gasteiger partial charge in [-0.05, 0) is 31.0 Å². The van der Waals surface area contributed by atoms with E-state index in [0.717, 1.165) is 17.5 Å². The van der Waals surface area contributed by atoms with Crippen molar-refractivity contribution in [2.75, 3.05) is 6.54 Å². The predicted octanol–water partition coefficient (Wildman–Crippen LogP) is 2.74. The van der Waals surface area contributed by atoms with Gasteiger partial charge >= 0.3 is 0 Å². The van der Waals surface area contributed by atoms with Crippen LogP contribution in [-0.2, 0) is 11.2 Å².